The molecule has 0 fully saturated rings. The van der Waals surface area contributed by atoms with E-state index in [1.165, 1.54) is 18.2 Å². The fourth-order valence-electron chi connectivity index (χ4n) is 1.58. The van der Waals surface area contributed by atoms with Crippen LogP contribution in [0.15, 0.2) is 48.5 Å². The van der Waals surface area contributed by atoms with Crippen LogP contribution < -0.4 is 5.73 Å². The lowest BCUT2D eigenvalue weighted by molar-refractivity contribution is -0.137. The Kier molecular flexibility index (Phi) is 3.48. The number of hydrogen-bond acceptors (Lipinski definition) is 1. The van der Waals surface area contributed by atoms with Crippen LogP contribution in [0.1, 0.15) is 16.7 Å². The van der Waals surface area contributed by atoms with Gasteiger partial charge in [-0.25, -0.2) is 0 Å². The third kappa shape index (κ3) is 3.08. The van der Waals surface area contributed by atoms with Crippen LogP contribution in [0.25, 0.3) is 0 Å². The predicted octanol–water partition coefficient (Wildman–Crippen LogP) is 3.69. The molecule has 0 aliphatic carbocycles. The molecule has 0 unspecified atom stereocenters. The quantitative estimate of drug-likeness (QED) is 0.568. The summed E-state index contributed by atoms with van der Waals surface area (Å²) in [5.74, 6) is 5.19. The number of para-hydroxylation sites is 1. The van der Waals surface area contributed by atoms with Crippen molar-refractivity contribution in [2.24, 2.45) is 0 Å². The van der Waals surface area contributed by atoms with Crippen molar-refractivity contribution < 1.29 is 13.2 Å². The zero-order valence-corrected chi connectivity index (χ0v) is 9.83. The summed E-state index contributed by atoms with van der Waals surface area (Å²) < 4.78 is 38.3. The molecule has 2 N–H and O–H groups in total. The van der Waals surface area contributed by atoms with Crippen LogP contribution in [0.5, 0.6) is 0 Å². The van der Waals surface area contributed by atoms with Crippen molar-refractivity contribution in [1.29, 1.82) is 0 Å². The summed E-state index contributed by atoms with van der Waals surface area (Å²) in [6.07, 6.45) is -4.41. The highest BCUT2D eigenvalue weighted by molar-refractivity contribution is 5.58. The van der Waals surface area contributed by atoms with Crippen molar-refractivity contribution in [3.63, 3.8) is 0 Å². The zero-order valence-electron chi connectivity index (χ0n) is 9.83. The minimum absolute atomic E-state index is 0.0572. The van der Waals surface area contributed by atoms with E-state index >= 15 is 0 Å². The summed E-state index contributed by atoms with van der Waals surface area (Å²) in [4.78, 5) is 0. The number of benzene rings is 2. The van der Waals surface area contributed by atoms with Gasteiger partial charge >= 0.3 is 6.18 Å². The molecule has 0 bridgehead atoms. The van der Waals surface area contributed by atoms with Crippen molar-refractivity contribution in [3.8, 4) is 11.8 Å². The molecule has 2 rings (SSSR count). The fourth-order valence-corrected chi connectivity index (χ4v) is 1.58. The monoisotopic (exact) mass is 261 g/mol. The van der Waals surface area contributed by atoms with E-state index in [0.29, 0.717) is 11.3 Å². The molecule has 0 heterocycles. The van der Waals surface area contributed by atoms with Gasteiger partial charge < -0.3 is 5.73 Å². The van der Waals surface area contributed by atoms with Crippen LogP contribution >= 0.6 is 0 Å². The topological polar surface area (TPSA) is 26.0 Å². The maximum Gasteiger partial charge on any atom is 0.417 e. The third-order valence-corrected chi connectivity index (χ3v) is 2.53. The molecule has 2 aromatic rings. The second-order valence-corrected chi connectivity index (χ2v) is 3.88. The van der Waals surface area contributed by atoms with Crippen molar-refractivity contribution in [1.82, 2.24) is 0 Å². The first-order chi connectivity index (χ1) is 8.98. The van der Waals surface area contributed by atoms with E-state index in [4.69, 9.17) is 5.73 Å². The fraction of sp³-hybridized carbons (Fsp3) is 0.0667. The molecule has 0 aromatic heterocycles. The summed E-state index contributed by atoms with van der Waals surface area (Å²) >= 11 is 0. The van der Waals surface area contributed by atoms with Gasteiger partial charge in [-0.3, -0.25) is 0 Å². The van der Waals surface area contributed by atoms with Crippen molar-refractivity contribution in [2.75, 3.05) is 5.73 Å². The van der Waals surface area contributed by atoms with Gasteiger partial charge in [0.1, 0.15) is 0 Å². The standard InChI is InChI=1S/C15H10F3N/c16-15(17,18)13-7-3-1-5-11(13)9-10-12-6-2-4-8-14(12)19/h1-8H,19H2. The van der Waals surface area contributed by atoms with Crippen LogP contribution in [0.3, 0.4) is 0 Å². The number of nitrogens with two attached hydrogens (primary N) is 1. The van der Waals surface area contributed by atoms with E-state index in [1.54, 1.807) is 24.3 Å². The van der Waals surface area contributed by atoms with E-state index in [2.05, 4.69) is 11.8 Å². The van der Waals surface area contributed by atoms with Gasteiger partial charge in [0, 0.05) is 16.8 Å². The lowest BCUT2D eigenvalue weighted by atomic mass is 10.1. The average molecular weight is 261 g/mol. The molecule has 0 aliphatic heterocycles. The summed E-state index contributed by atoms with van der Waals surface area (Å²) in [7, 11) is 0. The average Bonchev–Trinajstić information content (AvgIpc) is 2.37. The minimum Gasteiger partial charge on any atom is -0.398 e. The van der Waals surface area contributed by atoms with Crippen LogP contribution in [0.2, 0.25) is 0 Å². The summed E-state index contributed by atoms with van der Waals surface area (Å²) in [5, 5.41) is 0. The Morgan fingerprint density at radius 3 is 1.95 bits per heavy atom. The number of halogens is 3. The first-order valence-corrected chi connectivity index (χ1v) is 5.51. The second-order valence-electron chi connectivity index (χ2n) is 3.88. The normalized spacial score (nSPS) is 10.7. The maximum atomic E-state index is 12.8. The number of alkyl halides is 3. The molecule has 2 aromatic carbocycles. The number of rotatable bonds is 0. The summed E-state index contributed by atoms with van der Waals surface area (Å²) in [6.45, 7) is 0. The van der Waals surface area contributed by atoms with Crippen molar-refractivity contribution in [2.45, 2.75) is 6.18 Å². The van der Waals surface area contributed by atoms with Crippen LogP contribution in [0, 0.1) is 11.8 Å². The molecule has 0 saturated carbocycles. The highest BCUT2D eigenvalue weighted by Gasteiger charge is 2.32. The third-order valence-electron chi connectivity index (χ3n) is 2.53. The first kappa shape index (κ1) is 13.0. The molecular formula is C15H10F3N. The van der Waals surface area contributed by atoms with Crippen LogP contribution in [0.4, 0.5) is 18.9 Å². The second kappa shape index (κ2) is 5.07. The Hall–Kier alpha value is -2.41. The van der Waals surface area contributed by atoms with Gasteiger partial charge in [-0.05, 0) is 24.3 Å². The molecule has 4 heteroatoms. The van der Waals surface area contributed by atoms with Gasteiger partial charge in [0.25, 0.3) is 0 Å². The Morgan fingerprint density at radius 1 is 0.789 bits per heavy atom. The molecule has 19 heavy (non-hydrogen) atoms. The van der Waals surface area contributed by atoms with E-state index in [0.717, 1.165) is 6.07 Å². The Morgan fingerprint density at radius 2 is 1.32 bits per heavy atom. The molecule has 0 atom stereocenters. The maximum absolute atomic E-state index is 12.8. The lowest BCUT2D eigenvalue weighted by Gasteiger charge is -2.08. The molecular weight excluding hydrogens is 251 g/mol. The zero-order chi connectivity index (χ0) is 13.9. The molecule has 0 spiro atoms. The van der Waals surface area contributed by atoms with Gasteiger partial charge in [-0.2, -0.15) is 13.2 Å². The number of nitrogen functional groups attached to an aromatic ring is 1. The van der Waals surface area contributed by atoms with Crippen molar-refractivity contribution in [3.05, 3.63) is 65.2 Å². The lowest BCUT2D eigenvalue weighted by Crippen LogP contribution is -2.07. The molecule has 0 aliphatic rings. The molecule has 96 valence electrons. The first-order valence-electron chi connectivity index (χ1n) is 5.51. The highest BCUT2D eigenvalue weighted by atomic mass is 19.4. The molecule has 0 saturated heterocycles. The van der Waals surface area contributed by atoms with Gasteiger partial charge in [0.2, 0.25) is 0 Å². The summed E-state index contributed by atoms with van der Waals surface area (Å²) in [5.41, 5.74) is 5.85. The highest BCUT2D eigenvalue weighted by Crippen LogP contribution is 2.31. The van der Waals surface area contributed by atoms with E-state index in [1.807, 2.05) is 0 Å². The van der Waals surface area contributed by atoms with Crippen LogP contribution in [-0.2, 0) is 6.18 Å². The van der Waals surface area contributed by atoms with Gasteiger partial charge in [-0.15, -0.1) is 0 Å². The molecule has 0 amide bonds. The van der Waals surface area contributed by atoms with Crippen LogP contribution in [-0.4, -0.2) is 0 Å². The SMILES string of the molecule is Nc1ccccc1C#Cc1ccccc1C(F)(F)F. The van der Waals surface area contributed by atoms with E-state index in [-0.39, 0.29) is 5.56 Å². The predicted molar refractivity (Wildman–Crippen MR) is 68.3 cm³/mol. The number of anilines is 1. The van der Waals surface area contributed by atoms with Gasteiger partial charge in [0.05, 0.1) is 5.56 Å². The Bertz CT molecular complexity index is 648. The minimum atomic E-state index is -4.41. The molecule has 1 nitrogen and oxygen atoms in total. The summed E-state index contributed by atoms with van der Waals surface area (Å²) in [6, 6.07) is 12.0. The van der Waals surface area contributed by atoms with Crippen molar-refractivity contribution >= 4 is 5.69 Å². The van der Waals surface area contributed by atoms with Gasteiger partial charge in [0.15, 0.2) is 0 Å². The largest absolute Gasteiger partial charge is 0.417 e. The smallest absolute Gasteiger partial charge is 0.398 e. The number of hydrogen-bond donors (Lipinski definition) is 1. The van der Waals surface area contributed by atoms with E-state index in [9.17, 15) is 13.2 Å². The van der Waals surface area contributed by atoms with E-state index < -0.39 is 11.7 Å². The Balaban J connectivity index is 2.44. The van der Waals surface area contributed by atoms with Gasteiger partial charge in [-0.1, -0.05) is 36.1 Å². The molecule has 0 radical (unpaired) electrons. The Labute approximate surface area is 108 Å².